The minimum atomic E-state index is -1.08. The normalized spacial score (nSPS) is 12.2. The highest BCUT2D eigenvalue weighted by atomic mass is 35.5. The molecule has 2 heterocycles. The highest BCUT2D eigenvalue weighted by Crippen LogP contribution is 2.24. The number of anilines is 1. The summed E-state index contributed by atoms with van der Waals surface area (Å²) in [5.41, 5.74) is 0.0293. The SMILES string of the molecule is Cc1cnc(C(C)Nc2cc(C(=O)O)c(Cl)cn2)s1. The van der Waals surface area contributed by atoms with Crippen molar-refractivity contribution in [1.82, 2.24) is 9.97 Å². The van der Waals surface area contributed by atoms with E-state index in [1.165, 1.54) is 12.3 Å². The summed E-state index contributed by atoms with van der Waals surface area (Å²) in [5.74, 6) is -0.615. The van der Waals surface area contributed by atoms with Gasteiger partial charge in [0, 0.05) is 17.3 Å². The molecule has 5 nitrogen and oxygen atoms in total. The molecular formula is C12H12ClN3O2S. The Hall–Kier alpha value is -1.66. The Morgan fingerprint density at radius 1 is 1.47 bits per heavy atom. The number of pyridine rings is 1. The number of aryl methyl sites for hydroxylation is 1. The molecule has 0 saturated heterocycles. The van der Waals surface area contributed by atoms with Crippen LogP contribution >= 0.6 is 22.9 Å². The van der Waals surface area contributed by atoms with Gasteiger partial charge < -0.3 is 10.4 Å². The summed E-state index contributed by atoms with van der Waals surface area (Å²) in [4.78, 5) is 20.4. The molecule has 2 aromatic rings. The van der Waals surface area contributed by atoms with Gasteiger partial charge in [-0.1, -0.05) is 11.6 Å². The van der Waals surface area contributed by atoms with Crippen molar-refractivity contribution >= 4 is 34.7 Å². The maximum Gasteiger partial charge on any atom is 0.337 e. The first-order chi connectivity index (χ1) is 8.97. The molecule has 7 heteroatoms. The third-order valence-electron chi connectivity index (χ3n) is 2.46. The summed E-state index contributed by atoms with van der Waals surface area (Å²) in [6, 6.07) is 1.37. The first kappa shape index (κ1) is 13.8. The number of aromatic carboxylic acids is 1. The number of hydrogen-bond acceptors (Lipinski definition) is 5. The van der Waals surface area contributed by atoms with Crippen LogP contribution in [0.1, 0.15) is 33.2 Å². The van der Waals surface area contributed by atoms with Crippen molar-refractivity contribution in [3.8, 4) is 0 Å². The maximum absolute atomic E-state index is 11.0. The number of carbonyl (C=O) groups is 1. The van der Waals surface area contributed by atoms with E-state index in [4.69, 9.17) is 16.7 Å². The van der Waals surface area contributed by atoms with Gasteiger partial charge in [0.1, 0.15) is 10.8 Å². The fourth-order valence-corrected chi connectivity index (χ4v) is 2.50. The van der Waals surface area contributed by atoms with Crippen LogP contribution in [0, 0.1) is 6.92 Å². The molecule has 0 aliphatic heterocycles. The minimum Gasteiger partial charge on any atom is -0.478 e. The van der Waals surface area contributed by atoms with Crippen LogP contribution in [0.3, 0.4) is 0 Å². The number of aromatic nitrogens is 2. The molecule has 0 fully saturated rings. The van der Waals surface area contributed by atoms with Gasteiger partial charge in [-0.15, -0.1) is 11.3 Å². The Labute approximate surface area is 119 Å². The second kappa shape index (κ2) is 5.54. The van der Waals surface area contributed by atoms with Crippen LogP contribution in [-0.2, 0) is 0 Å². The lowest BCUT2D eigenvalue weighted by Gasteiger charge is -2.12. The molecular weight excluding hydrogens is 286 g/mol. The molecule has 2 rings (SSSR count). The van der Waals surface area contributed by atoms with Gasteiger partial charge in [0.15, 0.2) is 0 Å². The molecule has 0 bridgehead atoms. The molecule has 0 aliphatic carbocycles. The Morgan fingerprint density at radius 3 is 2.79 bits per heavy atom. The summed E-state index contributed by atoms with van der Waals surface area (Å²) >= 11 is 7.35. The van der Waals surface area contributed by atoms with Gasteiger partial charge in [-0.25, -0.2) is 14.8 Å². The van der Waals surface area contributed by atoms with E-state index in [0.717, 1.165) is 9.88 Å². The molecule has 19 heavy (non-hydrogen) atoms. The average Bonchev–Trinajstić information content (AvgIpc) is 2.78. The summed E-state index contributed by atoms with van der Waals surface area (Å²) in [6.45, 7) is 3.92. The van der Waals surface area contributed by atoms with Gasteiger partial charge in [0.05, 0.1) is 16.6 Å². The van der Waals surface area contributed by atoms with Crippen molar-refractivity contribution < 1.29 is 9.90 Å². The Morgan fingerprint density at radius 2 is 2.21 bits per heavy atom. The van der Waals surface area contributed by atoms with Crippen molar-refractivity contribution in [2.75, 3.05) is 5.32 Å². The number of nitrogens with zero attached hydrogens (tertiary/aromatic N) is 2. The van der Waals surface area contributed by atoms with Crippen LogP contribution in [-0.4, -0.2) is 21.0 Å². The number of carboxylic acids is 1. The number of hydrogen-bond donors (Lipinski definition) is 2. The van der Waals surface area contributed by atoms with Gasteiger partial charge in [-0.2, -0.15) is 0 Å². The molecule has 0 spiro atoms. The van der Waals surface area contributed by atoms with E-state index in [9.17, 15) is 4.79 Å². The van der Waals surface area contributed by atoms with E-state index in [2.05, 4.69) is 15.3 Å². The smallest absolute Gasteiger partial charge is 0.337 e. The molecule has 2 N–H and O–H groups in total. The summed E-state index contributed by atoms with van der Waals surface area (Å²) in [7, 11) is 0. The quantitative estimate of drug-likeness (QED) is 0.905. The number of nitrogens with one attached hydrogen (secondary N) is 1. The number of thiazole rings is 1. The van der Waals surface area contributed by atoms with Crippen LogP contribution < -0.4 is 5.32 Å². The predicted octanol–water partition coefficient (Wildman–Crippen LogP) is 3.37. The highest BCUT2D eigenvalue weighted by molar-refractivity contribution is 7.11. The molecule has 0 aliphatic rings. The monoisotopic (exact) mass is 297 g/mol. The second-order valence-electron chi connectivity index (χ2n) is 4.03. The van der Waals surface area contributed by atoms with E-state index in [0.29, 0.717) is 5.82 Å². The van der Waals surface area contributed by atoms with E-state index < -0.39 is 5.97 Å². The molecule has 100 valence electrons. The van der Waals surface area contributed by atoms with Gasteiger partial charge in [-0.3, -0.25) is 0 Å². The largest absolute Gasteiger partial charge is 0.478 e. The highest BCUT2D eigenvalue weighted by Gasteiger charge is 2.13. The second-order valence-corrected chi connectivity index (χ2v) is 5.70. The van der Waals surface area contributed by atoms with Gasteiger partial charge >= 0.3 is 5.97 Å². The predicted molar refractivity (Wildman–Crippen MR) is 75.1 cm³/mol. The van der Waals surface area contributed by atoms with Crippen LogP contribution in [0.15, 0.2) is 18.5 Å². The molecule has 2 aromatic heterocycles. The summed E-state index contributed by atoms with van der Waals surface area (Å²) in [6.07, 6.45) is 3.13. The first-order valence-electron chi connectivity index (χ1n) is 5.55. The first-order valence-corrected chi connectivity index (χ1v) is 6.74. The van der Waals surface area contributed by atoms with Crippen molar-refractivity contribution in [2.24, 2.45) is 0 Å². The van der Waals surface area contributed by atoms with E-state index in [1.807, 2.05) is 13.8 Å². The van der Waals surface area contributed by atoms with Crippen LogP contribution in [0.25, 0.3) is 0 Å². The Bertz CT molecular complexity index is 615. The third-order valence-corrected chi connectivity index (χ3v) is 3.86. The Balaban J connectivity index is 2.19. The number of carboxylic acid groups (broad SMARTS) is 1. The van der Waals surface area contributed by atoms with Gasteiger partial charge in [-0.05, 0) is 19.9 Å². The number of rotatable bonds is 4. The van der Waals surface area contributed by atoms with E-state index >= 15 is 0 Å². The molecule has 0 radical (unpaired) electrons. The zero-order valence-electron chi connectivity index (χ0n) is 10.3. The lowest BCUT2D eigenvalue weighted by molar-refractivity contribution is 0.0697. The molecule has 1 unspecified atom stereocenters. The van der Waals surface area contributed by atoms with Gasteiger partial charge in [0.2, 0.25) is 0 Å². The third kappa shape index (κ3) is 3.21. The van der Waals surface area contributed by atoms with Crippen molar-refractivity contribution in [3.63, 3.8) is 0 Å². The fourth-order valence-electron chi connectivity index (χ4n) is 1.54. The van der Waals surface area contributed by atoms with Crippen molar-refractivity contribution in [2.45, 2.75) is 19.9 Å². The summed E-state index contributed by atoms with van der Waals surface area (Å²) < 4.78 is 0. The summed E-state index contributed by atoms with van der Waals surface area (Å²) in [5, 5.41) is 13.1. The minimum absolute atomic E-state index is 0.0293. The van der Waals surface area contributed by atoms with Gasteiger partial charge in [0.25, 0.3) is 0 Å². The van der Waals surface area contributed by atoms with Crippen molar-refractivity contribution in [1.29, 1.82) is 0 Å². The average molecular weight is 298 g/mol. The van der Waals surface area contributed by atoms with E-state index in [1.54, 1.807) is 17.5 Å². The molecule has 1 atom stereocenters. The molecule has 0 amide bonds. The Kier molecular flexibility index (Phi) is 4.01. The zero-order valence-corrected chi connectivity index (χ0v) is 11.9. The standard InChI is InChI=1S/C12H12ClN3O2S/c1-6-4-15-11(19-6)7(2)16-10-3-8(12(17)18)9(13)5-14-10/h3-5,7H,1-2H3,(H,14,16)(H,17,18). The zero-order chi connectivity index (χ0) is 14.0. The topological polar surface area (TPSA) is 75.1 Å². The van der Waals surface area contributed by atoms with Crippen LogP contribution in [0.5, 0.6) is 0 Å². The molecule has 0 aromatic carbocycles. The van der Waals surface area contributed by atoms with E-state index in [-0.39, 0.29) is 16.6 Å². The van der Waals surface area contributed by atoms with Crippen molar-refractivity contribution in [3.05, 3.63) is 38.9 Å². The van der Waals surface area contributed by atoms with Crippen LogP contribution in [0.4, 0.5) is 5.82 Å². The lowest BCUT2D eigenvalue weighted by atomic mass is 10.2. The maximum atomic E-state index is 11.0. The number of halogens is 1. The van der Waals surface area contributed by atoms with Crippen LogP contribution in [0.2, 0.25) is 5.02 Å². The lowest BCUT2D eigenvalue weighted by Crippen LogP contribution is -2.09. The fraction of sp³-hybridized carbons (Fsp3) is 0.250. The molecule has 0 saturated carbocycles.